The summed E-state index contributed by atoms with van der Waals surface area (Å²) in [5.41, 5.74) is 7.93. The van der Waals surface area contributed by atoms with Gasteiger partial charge < -0.3 is 15.5 Å². The molecule has 2 aromatic rings. The number of amides is 1. The van der Waals surface area contributed by atoms with Crippen LogP contribution in [-0.4, -0.2) is 35.0 Å². The lowest BCUT2D eigenvalue weighted by Gasteiger charge is -2.24. The van der Waals surface area contributed by atoms with Crippen molar-refractivity contribution in [2.24, 2.45) is 5.73 Å². The van der Waals surface area contributed by atoms with Crippen molar-refractivity contribution in [1.29, 1.82) is 0 Å². The summed E-state index contributed by atoms with van der Waals surface area (Å²) in [4.78, 5) is 25.4. The molecule has 140 valence electrons. The van der Waals surface area contributed by atoms with Crippen molar-refractivity contribution in [3.63, 3.8) is 0 Å². The van der Waals surface area contributed by atoms with Crippen molar-refractivity contribution in [2.75, 3.05) is 22.9 Å². The maximum Gasteiger partial charge on any atom is 0.238 e. The second-order valence-corrected chi connectivity index (χ2v) is 7.96. The normalized spacial score (nSPS) is 22.6. The molecule has 3 heterocycles. The van der Waals surface area contributed by atoms with Gasteiger partial charge in [-0.05, 0) is 48.6 Å². The Morgan fingerprint density at radius 2 is 2.19 bits per heavy atom. The fourth-order valence-electron chi connectivity index (χ4n) is 4.29. The largest absolute Gasteiger partial charge is 0.355 e. The van der Waals surface area contributed by atoms with E-state index in [1.807, 2.05) is 0 Å². The number of nitrogens with zero attached hydrogens (tertiary/aromatic N) is 4. The van der Waals surface area contributed by atoms with Crippen molar-refractivity contribution in [3.8, 4) is 0 Å². The van der Waals surface area contributed by atoms with Crippen LogP contribution in [0.2, 0.25) is 5.28 Å². The summed E-state index contributed by atoms with van der Waals surface area (Å²) in [5, 5.41) is 0.159. The molecule has 3 aliphatic rings. The number of halogens is 2. The lowest BCUT2D eigenvalue weighted by molar-refractivity contribution is -0.120. The first-order valence-corrected chi connectivity index (χ1v) is 9.50. The van der Waals surface area contributed by atoms with Crippen molar-refractivity contribution in [1.82, 2.24) is 9.97 Å². The van der Waals surface area contributed by atoms with Crippen molar-refractivity contribution in [3.05, 3.63) is 46.6 Å². The minimum absolute atomic E-state index is 0.0297. The number of aromatic nitrogens is 2. The molecule has 2 fully saturated rings. The predicted octanol–water partition coefficient (Wildman–Crippen LogP) is 2.38. The van der Waals surface area contributed by atoms with E-state index < -0.39 is 5.41 Å². The van der Waals surface area contributed by atoms with E-state index in [1.54, 1.807) is 17.2 Å². The molecule has 8 heteroatoms. The Morgan fingerprint density at radius 1 is 1.37 bits per heavy atom. The zero-order valence-corrected chi connectivity index (χ0v) is 15.4. The van der Waals surface area contributed by atoms with Crippen molar-refractivity contribution < 1.29 is 9.18 Å². The van der Waals surface area contributed by atoms with Gasteiger partial charge in [0.15, 0.2) is 0 Å². The Hall–Kier alpha value is -2.25. The first-order valence-electron chi connectivity index (χ1n) is 9.12. The molecule has 5 rings (SSSR count). The highest BCUT2D eigenvalue weighted by molar-refractivity contribution is 6.28. The Morgan fingerprint density at radius 3 is 2.89 bits per heavy atom. The summed E-state index contributed by atoms with van der Waals surface area (Å²) in [5.74, 6) is 0.384. The molecule has 27 heavy (non-hydrogen) atoms. The third-order valence-corrected chi connectivity index (χ3v) is 6.02. The molecular weight excluding hydrogens is 369 g/mol. The average Bonchev–Trinajstić information content (AvgIpc) is 3.29. The number of rotatable bonds is 3. The maximum absolute atomic E-state index is 13.9. The third kappa shape index (κ3) is 2.60. The number of benzene rings is 1. The van der Waals surface area contributed by atoms with E-state index in [0.29, 0.717) is 18.1 Å². The van der Waals surface area contributed by atoms with Crippen LogP contribution in [0, 0.1) is 5.82 Å². The van der Waals surface area contributed by atoms with Gasteiger partial charge in [-0.1, -0.05) is 6.07 Å². The zero-order valence-electron chi connectivity index (χ0n) is 14.7. The van der Waals surface area contributed by atoms with Gasteiger partial charge in [0.2, 0.25) is 11.2 Å². The second kappa shape index (κ2) is 5.87. The zero-order chi connectivity index (χ0) is 18.8. The summed E-state index contributed by atoms with van der Waals surface area (Å²) in [7, 11) is 0. The molecule has 2 N–H and O–H groups in total. The summed E-state index contributed by atoms with van der Waals surface area (Å²) in [6.07, 6.45) is 4.15. The maximum atomic E-state index is 13.9. The van der Waals surface area contributed by atoms with E-state index in [4.69, 9.17) is 17.3 Å². The topological polar surface area (TPSA) is 75.3 Å². The first kappa shape index (κ1) is 16.9. The molecule has 2 aliphatic heterocycles. The van der Waals surface area contributed by atoms with Crippen LogP contribution >= 0.6 is 11.6 Å². The summed E-state index contributed by atoms with van der Waals surface area (Å²) >= 11 is 6.02. The molecular formula is C19H19ClFN5O. The van der Waals surface area contributed by atoms with Crippen molar-refractivity contribution >= 4 is 29.0 Å². The van der Waals surface area contributed by atoms with Gasteiger partial charge >= 0.3 is 0 Å². The second-order valence-electron chi connectivity index (χ2n) is 7.62. The summed E-state index contributed by atoms with van der Waals surface area (Å²) in [6, 6.07) is 4.71. The summed E-state index contributed by atoms with van der Waals surface area (Å²) < 4.78 is 13.9. The van der Waals surface area contributed by atoms with Gasteiger partial charge in [-0.25, -0.2) is 14.4 Å². The highest BCUT2D eigenvalue weighted by Crippen LogP contribution is 2.57. The van der Waals surface area contributed by atoms with E-state index >= 15 is 0 Å². The van der Waals surface area contributed by atoms with Gasteiger partial charge in [-0.15, -0.1) is 0 Å². The van der Waals surface area contributed by atoms with Crippen LogP contribution in [0.5, 0.6) is 0 Å². The van der Waals surface area contributed by atoms with Crippen LogP contribution in [0.1, 0.15) is 30.4 Å². The van der Waals surface area contributed by atoms with Crippen LogP contribution in [0.4, 0.5) is 15.9 Å². The number of hydrogen-bond acceptors (Lipinski definition) is 5. The molecule has 1 saturated carbocycles. The van der Waals surface area contributed by atoms with Gasteiger partial charge in [0.1, 0.15) is 11.6 Å². The number of hydrogen-bond donors (Lipinski definition) is 1. The van der Waals surface area contributed by atoms with E-state index in [0.717, 1.165) is 36.9 Å². The smallest absolute Gasteiger partial charge is 0.238 e. The van der Waals surface area contributed by atoms with Gasteiger partial charge in [-0.2, -0.15) is 0 Å². The molecule has 0 radical (unpaired) electrons. The Balaban J connectivity index is 1.53. The lowest BCUT2D eigenvalue weighted by Crippen LogP contribution is -2.33. The lowest BCUT2D eigenvalue weighted by atomic mass is 9.98. The van der Waals surface area contributed by atoms with E-state index in [1.165, 1.54) is 12.1 Å². The Bertz CT molecular complexity index is 948. The van der Waals surface area contributed by atoms with Gasteiger partial charge in [-0.3, -0.25) is 4.79 Å². The molecule has 1 aromatic carbocycles. The van der Waals surface area contributed by atoms with E-state index in [-0.39, 0.29) is 29.6 Å². The highest BCUT2D eigenvalue weighted by atomic mass is 35.5. The van der Waals surface area contributed by atoms with Gasteiger partial charge in [0.05, 0.1) is 17.6 Å². The Labute approximate surface area is 161 Å². The van der Waals surface area contributed by atoms with Gasteiger partial charge in [0, 0.05) is 30.9 Å². The van der Waals surface area contributed by atoms with Crippen LogP contribution < -0.4 is 15.5 Å². The molecule has 1 unspecified atom stereocenters. The third-order valence-electron chi connectivity index (χ3n) is 5.84. The number of carbonyl (C=O) groups is 1. The molecule has 1 saturated heterocycles. The highest BCUT2D eigenvalue weighted by Gasteiger charge is 2.59. The molecule has 1 spiro atoms. The number of anilines is 2. The van der Waals surface area contributed by atoms with E-state index in [9.17, 15) is 9.18 Å². The quantitative estimate of drug-likeness (QED) is 0.818. The Kier molecular flexibility index (Phi) is 3.67. The SMILES string of the molecule is NC1CCN(c2nc(Cl)ncc2CN2C(=O)C3(CC3)c3ccc(F)cc32)C1. The standard InChI is InChI=1S/C19H19ClFN5O/c20-18-23-8-11(16(24-18)25-6-3-13(22)10-25)9-26-15-7-12(21)1-2-14(15)19(4-5-19)17(26)27/h1-2,7-8,13H,3-6,9-10,22H2. The minimum Gasteiger partial charge on any atom is -0.355 e. The predicted molar refractivity (Wildman–Crippen MR) is 100 cm³/mol. The molecule has 1 aliphatic carbocycles. The number of carbonyl (C=O) groups excluding carboxylic acids is 1. The van der Waals surface area contributed by atoms with Crippen LogP contribution in [0.15, 0.2) is 24.4 Å². The van der Waals surface area contributed by atoms with Gasteiger partial charge in [0.25, 0.3) is 0 Å². The monoisotopic (exact) mass is 387 g/mol. The molecule has 1 atom stereocenters. The fourth-order valence-corrected chi connectivity index (χ4v) is 4.42. The molecule has 1 amide bonds. The van der Waals surface area contributed by atoms with Crippen LogP contribution in [0.3, 0.4) is 0 Å². The number of nitrogens with two attached hydrogens (primary N) is 1. The van der Waals surface area contributed by atoms with Crippen molar-refractivity contribution in [2.45, 2.75) is 37.3 Å². The number of fused-ring (bicyclic) bond motifs is 2. The average molecular weight is 388 g/mol. The van der Waals surface area contributed by atoms with E-state index in [2.05, 4.69) is 14.9 Å². The molecule has 0 bridgehead atoms. The molecule has 1 aromatic heterocycles. The minimum atomic E-state index is -0.466. The summed E-state index contributed by atoms with van der Waals surface area (Å²) in [6.45, 7) is 1.75. The van der Waals surface area contributed by atoms with Crippen LogP contribution in [-0.2, 0) is 16.8 Å². The fraction of sp³-hybridized carbons (Fsp3) is 0.421. The first-order chi connectivity index (χ1) is 13.0. The molecule has 6 nitrogen and oxygen atoms in total. The van der Waals surface area contributed by atoms with Crippen LogP contribution in [0.25, 0.3) is 0 Å².